The van der Waals surface area contributed by atoms with Gasteiger partial charge in [0.1, 0.15) is 0 Å². The van der Waals surface area contributed by atoms with Crippen molar-refractivity contribution in [2.75, 3.05) is 44.2 Å². The Hall–Kier alpha value is -0.810. The van der Waals surface area contributed by atoms with Crippen LogP contribution in [0.2, 0.25) is 5.02 Å². The fourth-order valence-electron chi connectivity index (χ4n) is 3.92. The van der Waals surface area contributed by atoms with E-state index in [0.717, 1.165) is 44.0 Å². The molecule has 0 radical (unpaired) electrons. The van der Waals surface area contributed by atoms with Crippen LogP contribution >= 0.6 is 11.6 Å². The number of aryl methyl sites for hydroxylation is 1. The first-order chi connectivity index (χ1) is 12.1. The van der Waals surface area contributed by atoms with Crippen molar-refractivity contribution >= 4 is 17.3 Å². The summed E-state index contributed by atoms with van der Waals surface area (Å²) >= 11 is 6.15. The minimum Gasteiger partial charge on any atom is -0.389 e. The van der Waals surface area contributed by atoms with E-state index >= 15 is 0 Å². The van der Waals surface area contributed by atoms with E-state index in [1.807, 2.05) is 6.07 Å². The lowest BCUT2D eigenvalue weighted by molar-refractivity contribution is -0.0336. The van der Waals surface area contributed by atoms with Gasteiger partial charge in [0, 0.05) is 43.4 Å². The van der Waals surface area contributed by atoms with E-state index in [2.05, 4.69) is 28.9 Å². The predicted molar refractivity (Wildman–Crippen MR) is 104 cm³/mol. The van der Waals surface area contributed by atoms with E-state index in [0.29, 0.717) is 19.3 Å². The Morgan fingerprint density at radius 2 is 1.88 bits per heavy atom. The highest BCUT2D eigenvalue weighted by atomic mass is 35.5. The van der Waals surface area contributed by atoms with Crippen molar-refractivity contribution in [1.29, 1.82) is 0 Å². The smallest absolute Gasteiger partial charge is 0.0900 e. The van der Waals surface area contributed by atoms with Gasteiger partial charge in [-0.2, -0.15) is 0 Å². The summed E-state index contributed by atoms with van der Waals surface area (Å²) in [5.41, 5.74) is 2.49. The topological polar surface area (TPSA) is 35.9 Å². The SMILES string of the molecule is Cc1ccc(Cl)cc1N1CCN(CC(O)COC2CCCCC2)CC1. The molecule has 1 atom stereocenters. The summed E-state index contributed by atoms with van der Waals surface area (Å²) in [5, 5.41) is 11.1. The van der Waals surface area contributed by atoms with Crippen LogP contribution in [0.4, 0.5) is 5.69 Å². The first-order valence-electron chi connectivity index (χ1n) is 9.65. The molecule has 2 fully saturated rings. The first kappa shape index (κ1) is 19.0. The third-order valence-corrected chi connectivity index (χ3v) is 5.66. The van der Waals surface area contributed by atoms with Crippen molar-refractivity contribution in [2.45, 2.75) is 51.2 Å². The predicted octanol–water partition coefficient (Wildman–Crippen LogP) is 3.48. The van der Waals surface area contributed by atoms with Crippen LogP contribution in [0.5, 0.6) is 0 Å². The number of hydrogen-bond donors (Lipinski definition) is 1. The number of nitrogens with zero attached hydrogens (tertiary/aromatic N) is 2. The maximum atomic E-state index is 10.3. The van der Waals surface area contributed by atoms with Crippen molar-refractivity contribution in [3.05, 3.63) is 28.8 Å². The molecule has 1 heterocycles. The van der Waals surface area contributed by atoms with Gasteiger partial charge in [0.2, 0.25) is 0 Å². The van der Waals surface area contributed by atoms with Crippen molar-refractivity contribution in [1.82, 2.24) is 4.90 Å². The van der Waals surface area contributed by atoms with Gasteiger partial charge in [0.15, 0.2) is 0 Å². The lowest BCUT2D eigenvalue weighted by atomic mass is 9.98. The molecule has 1 aliphatic carbocycles. The molecule has 1 N–H and O–H groups in total. The molecule has 1 saturated heterocycles. The summed E-state index contributed by atoms with van der Waals surface area (Å²) in [7, 11) is 0. The molecule has 3 rings (SSSR count). The second-order valence-electron chi connectivity index (χ2n) is 7.47. The number of halogens is 1. The summed E-state index contributed by atoms with van der Waals surface area (Å²) in [4.78, 5) is 4.73. The third-order valence-electron chi connectivity index (χ3n) is 5.43. The van der Waals surface area contributed by atoms with Crippen LogP contribution in [0.25, 0.3) is 0 Å². The van der Waals surface area contributed by atoms with Crippen LogP contribution in [-0.2, 0) is 4.74 Å². The van der Waals surface area contributed by atoms with Gasteiger partial charge in [-0.3, -0.25) is 4.90 Å². The van der Waals surface area contributed by atoms with E-state index < -0.39 is 0 Å². The van der Waals surface area contributed by atoms with Crippen molar-refractivity contribution in [3.8, 4) is 0 Å². The van der Waals surface area contributed by atoms with Crippen molar-refractivity contribution in [2.24, 2.45) is 0 Å². The van der Waals surface area contributed by atoms with Gasteiger partial charge in [-0.15, -0.1) is 0 Å². The minimum absolute atomic E-state index is 0.367. The molecular formula is C20H31ClN2O2. The Bertz CT molecular complexity index is 540. The Morgan fingerprint density at radius 1 is 1.16 bits per heavy atom. The number of aliphatic hydroxyl groups excluding tert-OH is 1. The zero-order chi connectivity index (χ0) is 17.6. The molecule has 1 aliphatic heterocycles. The number of benzene rings is 1. The highest BCUT2D eigenvalue weighted by molar-refractivity contribution is 6.30. The number of anilines is 1. The second kappa shape index (κ2) is 9.22. The average molecular weight is 367 g/mol. The molecule has 0 aromatic heterocycles. The van der Waals surface area contributed by atoms with Gasteiger partial charge in [-0.05, 0) is 37.5 Å². The van der Waals surface area contributed by atoms with Gasteiger partial charge >= 0.3 is 0 Å². The summed E-state index contributed by atoms with van der Waals surface area (Å²) in [6.07, 6.45) is 6.16. The number of β-amino-alcohol motifs (C(OH)–C–C–N with tert-alkyl or cyclic N) is 1. The Labute approximate surface area is 156 Å². The van der Waals surface area contributed by atoms with E-state index in [4.69, 9.17) is 16.3 Å². The van der Waals surface area contributed by atoms with Crippen molar-refractivity contribution < 1.29 is 9.84 Å². The summed E-state index contributed by atoms with van der Waals surface area (Å²) in [5.74, 6) is 0. The number of rotatable bonds is 6. The molecule has 0 spiro atoms. The Balaban J connectivity index is 1.40. The van der Waals surface area contributed by atoms with E-state index in [1.165, 1.54) is 30.5 Å². The maximum absolute atomic E-state index is 10.3. The number of piperazine rings is 1. The average Bonchev–Trinajstić information content (AvgIpc) is 2.64. The number of hydrogen-bond acceptors (Lipinski definition) is 4. The molecular weight excluding hydrogens is 336 g/mol. The fourth-order valence-corrected chi connectivity index (χ4v) is 4.09. The maximum Gasteiger partial charge on any atom is 0.0900 e. The minimum atomic E-state index is -0.388. The zero-order valence-corrected chi connectivity index (χ0v) is 16.0. The van der Waals surface area contributed by atoms with Gasteiger partial charge in [-0.1, -0.05) is 36.9 Å². The van der Waals surface area contributed by atoms with E-state index in [-0.39, 0.29) is 6.10 Å². The number of ether oxygens (including phenoxy) is 1. The lowest BCUT2D eigenvalue weighted by Gasteiger charge is -2.37. The van der Waals surface area contributed by atoms with Crippen LogP contribution in [0, 0.1) is 6.92 Å². The normalized spacial score (nSPS) is 21.5. The van der Waals surface area contributed by atoms with E-state index in [1.54, 1.807) is 0 Å². The molecule has 5 heteroatoms. The summed E-state index contributed by atoms with van der Waals surface area (Å²) < 4.78 is 5.90. The van der Waals surface area contributed by atoms with Gasteiger partial charge < -0.3 is 14.7 Å². The monoisotopic (exact) mass is 366 g/mol. The molecule has 140 valence electrons. The molecule has 0 bridgehead atoms. The molecule has 1 aromatic carbocycles. The van der Waals surface area contributed by atoms with Crippen LogP contribution in [0.1, 0.15) is 37.7 Å². The first-order valence-corrected chi connectivity index (χ1v) is 10.0. The fraction of sp³-hybridized carbons (Fsp3) is 0.700. The van der Waals surface area contributed by atoms with Gasteiger partial charge in [0.05, 0.1) is 18.8 Å². The van der Waals surface area contributed by atoms with Crippen LogP contribution in [0.15, 0.2) is 18.2 Å². The van der Waals surface area contributed by atoms with Crippen LogP contribution in [0.3, 0.4) is 0 Å². The highest BCUT2D eigenvalue weighted by Gasteiger charge is 2.22. The molecule has 1 saturated carbocycles. The molecule has 4 nitrogen and oxygen atoms in total. The van der Waals surface area contributed by atoms with Crippen molar-refractivity contribution in [3.63, 3.8) is 0 Å². The molecule has 0 amide bonds. The largest absolute Gasteiger partial charge is 0.389 e. The van der Waals surface area contributed by atoms with Gasteiger partial charge in [0.25, 0.3) is 0 Å². The molecule has 1 aromatic rings. The highest BCUT2D eigenvalue weighted by Crippen LogP contribution is 2.25. The standard InChI is InChI=1S/C20H31ClN2O2/c1-16-7-8-17(21)13-20(16)23-11-9-22(10-12-23)14-18(24)15-25-19-5-3-2-4-6-19/h7-8,13,18-19,24H,2-6,9-12,14-15H2,1H3. The Kier molecular flexibility index (Phi) is 7.00. The van der Waals surface area contributed by atoms with E-state index in [9.17, 15) is 5.11 Å². The zero-order valence-electron chi connectivity index (χ0n) is 15.3. The van der Waals surface area contributed by atoms with Gasteiger partial charge in [-0.25, -0.2) is 0 Å². The number of aliphatic hydroxyl groups is 1. The lowest BCUT2D eigenvalue weighted by Crippen LogP contribution is -2.49. The van der Waals surface area contributed by atoms with Crippen LogP contribution < -0.4 is 4.90 Å². The Morgan fingerprint density at radius 3 is 2.60 bits per heavy atom. The molecule has 1 unspecified atom stereocenters. The quantitative estimate of drug-likeness (QED) is 0.836. The molecule has 2 aliphatic rings. The molecule has 25 heavy (non-hydrogen) atoms. The second-order valence-corrected chi connectivity index (χ2v) is 7.90. The summed E-state index contributed by atoms with van der Waals surface area (Å²) in [6, 6.07) is 6.08. The summed E-state index contributed by atoms with van der Waals surface area (Å²) in [6.45, 7) is 7.17. The third kappa shape index (κ3) is 5.58. The van der Waals surface area contributed by atoms with Crippen LogP contribution in [-0.4, -0.2) is 61.5 Å².